The third kappa shape index (κ3) is 34.3. The molecular weight excluding hydrogens is 604 g/mol. The summed E-state index contributed by atoms with van der Waals surface area (Å²) in [6.07, 6.45) is 51.5. The van der Waals surface area contributed by atoms with Crippen LogP contribution >= 0.6 is 11.6 Å². The van der Waals surface area contributed by atoms with Gasteiger partial charge in [-0.2, -0.15) is 0 Å². The summed E-state index contributed by atoms with van der Waals surface area (Å²) in [4.78, 5) is 0. The zero-order valence-corrected chi connectivity index (χ0v) is 33.7. The highest BCUT2D eigenvalue weighted by Crippen LogP contribution is 2.20. The number of unbranched alkanes of at least 4 members (excludes halogenated alkanes) is 35. The summed E-state index contributed by atoms with van der Waals surface area (Å²) in [5.74, 6) is 0.843. The largest absolute Gasteiger partial charge is 0.500 e. The molecular formula is C41H85ClO3Si. The minimum absolute atomic E-state index is 0.843. The molecule has 0 aliphatic heterocycles. The highest BCUT2D eigenvalue weighted by Gasteiger charge is 2.36. The van der Waals surface area contributed by atoms with Gasteiger partial charge in [0.2, 0.25) is 0 Å². The Balaban J connectivity index is 3.11. The number of hydrogen-bond donors (Lipinski definition) is 0. The fraction of sp³-hybridized carbons (Fsp3) is 1.00. The first-order valence-corrected chi connectivity index (χ1v) is 23.4. The zero-order chi connectivity index (χ0) is 33.5. The predicted molar refractivity (Wildman–Crippen MR) is 209 cm³/mol. The van der Waals surface area contributed by atoms with Crippen LogP contribution in [0.15, 0.2) is 0 Å². The van der Waals surface area contributed by atoms with Gasteiger partial charge in [0, 0.05) is 33.3 Å². The lowest BCUT2D eigenvalue weighted by molar-refractivity contribution is 0.122. The van der Waals surface area contributed by atoms with Crippen LogP contribution in [0.25, 0.3) is 0 Å². The molecule has 0 N–H and O–H groups in total. The lowest BCUT2D eigenvalue weighted by Gasteiger charge is -2.24. The lowest BCUT2D eigenvalue weighted by Crippen LogP contribution is -2.42. The van der Waals surface area contributed by atoms with Crippen LogP contribution in [-0.2, 0) is 13.3 Å². The van der Waals surface area contributed by atoms with Crippen molar-refractivity contribution < 1.29 is 13.3 Å². The summed E-state index contributed by atoms with van der Waals surface area (Å²) in [6, 6.07) is 0.939. The maximum atomic E-state index is 5.74. The Morgan fingerprint density at radius 1 is 0.261 bits per heavy atom. The molecule has 3 nitrogen and oxygen atoms in total. The van der Waals surface area contributed by atoms with Gasteiger partial charge in [-0.1, -0.05) is 218 Å². The molecule has 0 saturated heterocycles. The van der Waals surface area contributed by atoms with E-state index in [1.54, 1.807) is 21.3 Å². The van der Waals surface area contributed by atoms with Crippen molar-refractivity contribution in [2.24, 2.45) is 0 Å². The molecule has 0 amide bonds. The highest BCUT2D eigenvalue weighted by molar-refractivity contribution is 6.60. The van der Waals surface area contributed by atoms with Crippen molar-refractivity contribution >= 4 is 20.4 Å². The predicted octanol–water partition coefficient (Wildman–Crippen LogP) is 15.1. The van der Waals surface area contributed by atoms with Gasteiger partial charge in [-0.25, -0.2) is 0 Å². The normalized spacial score (nSPS) is 12.0. The molecule has 0 radical (unpaired) electrons. The van der Waals surface area contributed by atoms with Crippen LogP contribution in [0.3, 0.4) is 0 Å². The summed E-state index contributed by atoms with van der Waals surface area (Å²) < 4.78 is 16.5. The highest BCUT2D eigenvalue weighted by atomic mass is 35.5. The smallest absolute Gasteiger partial charge is 0.377 e. The third-order valence-electron chi connectivity index (χ3n) is 10.3. The van der Waals surface area contributed by atoms with Gasteiger partial charge in [0.05, 0.1) is 0 Å². The Morgan fingerprint density at radius 3 is 0.565 bits per heavy atom. The van der Waals surface area contributed by atoms with Crippen molar-refractivity contribution in [3.8, 4) is 0 Å². The van der Waals surface area contributed by atoms with Gasteiger partial charge < -0.3 is 13.3 Å². The molecule has 0 aromatic rings. The average Bonchev–Trinajstić information content (AvgIpc) is 3.08. The molecule has 0 heterocycles. The first-order valence-electron chi connectivity index (χ1n) is 21.0. The topological polar surface area (TPSA) is 27.7 Å². The molecule has 0 unspecified atom stereocenters. The maximum Gasteiger partial charge on any atom is 0.500 e. The zero-order valence-electron chi connectivity index (χ0n) is 32.0. The first kappa shape index (κ1) is 46.4. The maximum absolute atomic E-state index is 5.74. The van der Waals surface area contributed by atoms with E-state index in [4.69, 9.17) is 24.9 Å². The van der Waals surface area contributed by atoms with Gasteiger partial charge in [0.1, 0.15) is 0 Å². The second-order valence-electron chi connectivity index (χ2n) is 14.5. The van der Waals surface area contributed by atoms with Gasteiger partial charge in [0.15, 0.2) is 0 Å². The molecule has 0 aliphatic rings. The molecule has 0 aliphatic carbocycles. The van der Waals surface area contributed by atoms with E-state index in [9.17, 15) is 0 Å². The van der Waals surface area contributed by atoms with E-state index >= 15 is 0 Å². The Morgan fingerprint density at radius 2 is 0.413 bits per heavy atom. The van der Waals surface area contributed by atoms with Gasteiger partial charge in [-0.15, -0.1) is 11.6 Å². The van der Waals surface area contributed by atoms with Crippen molar-refractivity contribution in [1.82, 2.24) is 0 Å². The van der Waals surface area contributed by atoms with Crippen molar-refractivity contribution in [3.63, 3.8) is 0 Å². The average molecular weight is 690 g/mol. The Kier molecular flexibility index (Phi) is 40.2. The molecule has 0 rings (SSSR count). The third-order valence-corrected chi connectivity index (χ3v) is 13.4. The van der Waals surface area contributed by atoms with Crippen LogP contribution in [0.1, 0.15) is 231 Å². The second-order valence-corrected chi connectivity index (χ2v) is 17.9. The summed E-state index contributed by atoms with van der Waals surface area (Å²) in [7, 11) is 2.79. The Hall–Kier alpha value is 0.387. The molecule has 0 bridgehead atoms. The minimum Gasteiger partial charge on any atom is -0.377 e. The van der Waals surface area contributed by atoms with Crippen molar-refractivity contribution in [3.05, 3.63) is 0 Å². The van der Waals surface area contributed by atoms with E-state index in [-0.39, 0.29) is 0 Å². The monoisotopic (exact) mass is 689 g/mol. The quantitative estimate of drug-likeness (QED) is 0.0363. The second kappa shape index (κ2) is 39.8. The molecule has 0 spiro atoms. The number of rotatable bonds is 41. The first-order chi connectivity index (χ1) is 22.7. The Bertz CT molecular complexity index is 538. The molecule has 278 valence electrons. The minimum atomic E-state index is -2.35. The molecule has 46 heavy (non-hydrogen) atoms. The molecule has 0 aromatic carbocycles. The molecule has 5 heteroatoms. The summed E-state index contributed by atoms with van der Waals surface area (Å²) >= 11 is 5.74. The SMILES string of the molecule is CO[Si](CCCCCCCCCCCCCCCCCCCCCCCCCCCCCCCCCCCCCCCl)(OC)OC. The molecule has 0 atom stereocenters. The van der Waals surface area contributed by atoms with Crippen molar-refractivity contribution in [2.45, 2.75) is 237 Å². The summed E-state index contributed by atoms with van der Waals surface area (Å²) in [5, 5.41) is 0. The van der Waals surface area contributed by atoms with Crippen molar-refractivity contribution in [1.29, 1.82) is 0 Å². The van der Waals surface area contributed by atoms with Crippen LogP contribution in [0.2, 0.25) is 6.04 Å². The molecule has 0 aromatic heterocycles. The van der Waals surface area contributed by atoms with E-state index < -0.39 is 8.80 Å². The lowest BCUT2D eigenvalue weighted by atomic mass is 10.0. The number of alkyl halides is 1. The van der Waals surface area contributed by atoms with Crippen LogP contribution in [0, 0.1) is 0 Å². The van der Waals surface area contributed by atoms with Crippen LogP contribution in [0.4, 0.5) is 0 Å². The fourth-order valence-electron chi connectivity index (χ4n) is 7.00. The van der Waals surface area contributed by atoms with E-state index in [1.807, 2.05) is 0 Å². The molecule has 0 fully saturated rings. The Labute approximate surface area is 297 Å². The number of halogens is 1. The standard InChI is InChI=1S/C41H85ClO3Si/c1-43-46(44-2,45-3)41-39-37-35-33-31-29-27-25-23-21-19-17-15-13-11-9-7-5-4-6-8-10-12-14-16-18-20-22-24-26-28-30-32-34-36-38-40-42/h4-41H2,1-3H3. The number of hydrogen-bond acceptors (Lipinski definition) is 3. The summed E-state index contributed by atoms with van der Waals surface area (Å²) in [6.45, 7) is 0. The van der Waals surface area contributed by atoms with E-state index in [2.05, 4.69) is 0 Å². The van der Waals surface area contributed by atoms with Crippen LogP contribution in [-0.4, -0.2) is 36.0 Å². The summed E-state index contributed by atoms with van der Waals surface area (Å²) in [5.41, 5.74) is 0. The fourth-order valence-corrected chi connectivity index (χ4v) is 8.99. The van der Waals surface area contributed by atoms with Gasteiger partial charge in [-0.05, 0) is 12.8 Å². The molecule has 0 saturated carbocycles. The van der Waals surface area contributed by atoms with Crippen LogP contribution < -0.4 is 0 Å². The van der Waals surface area contributed by atoms with Gasteiger partial charge >= 0.3 is 8.80 Å². The van der Waals surface area contributed by atoms with E-state index in [1.165, 1.54) is 225 Å². The van der Waals surface area contributed by atoms with E-state index in [0.717, 1.165) is 18.3 Å². The van der Waals surface area contributed by atoms with Crippen molar-refractivity contribution in [2.75, 3.05) is 27.2 Å². The van der Waals surface area contributed by atoms with Crippen LogP contribution in [0.5, 0.6) is 0 Å². The van der Waals surface area contributed by atoms with Gasteiger partial charge in [-0.3, -0.25) is 0 Å². The van der Waals surface area contributed by atoms with E-state index in [0.29, 0.717) is 0 Å². The van der Waals surface area contributed by atoms with Gasteiger partial charge in [0.25, 0.3) is 0 Å².